The van der Waals surface area contributed by atoms with Gasteiger partial charge in [-0.1, -0.05) is 121 Å². The lowest BCUT2D eigenvalue weighted by Gasteiger charge is -2.50. The number of aliphatic hydroxyl groups is 1. The van der Waals surface area contributed by atoms with Crippen molar-refractivity contribution < 1.29 is 28.7 Å². The van der Waals surface area contributed by atoms with E-state index < -0.39 is 58.2 Å². The molecule has 1 fully saturated rings. The summed E-state index contributed by atoms with van der Waals surface area (Å²) in [4.78, 5) is 58.5. The average molecular weight is 611 g/mol. The van der Waals surface area contributed by atoms with Crippen LogP contribution in [0.3, 0.4) is 0 Å². The summed E-state index contributed by atoms with van der Waals surface area (Å²) in [5.41, 5.74) is -0.767. The molecule has 1 aliphatic rings. The Morgan fingerprint density at radius 3 is 1.39 bits per heavy atom. The lowest BCUT2D eigenvalue weighted by Crippen LogP contribution is -2.58. The molecule has 0 bridgehead atoms. The van der Waals surface area contributed by atoms with Gasteiger partial charge < -0.3 is 5.11 Å². The van der Waals surface area contributed by atoms with Gasteiger partial charge >= 0.3 is 0 Å². The molecule has 0 spiro atoms. The number of benzene rings is 5. The quantitative estimate of drug-likeness (QED) is 0.176. The van der Waals surface area contributed by atoms with Crippen LogP contribution in [-0.4, -0.2) is 28.2 Å². The molecular weight excluding hydrogens is 579 g/mol. The normalized spacial score (nSPS) is 22.5. The van der Waals surface area contributed by atoms with Crippen LogP contribution >= 0.6 is 0 Å². The highest BCUT2D eigenvalue weighted by Crippen LogP contribution is 2.53. The fourth-order valence-electron chi connectivity index (χ4n) is 6.86. The Hall–Kier alpha value is -5.33. The molecule has 6 rings (SSSR count). The number of Topliss-reactive ketones (excluding diaryl/α,β-unsaturated/α-hetero) is 4. The van der Waals surface area contributed by atoms with E-state index in [2.05, 4.69) is 0 Å². The van der Waals surface area contributed by atoms with Gasteiger partial charge in [-0.3, -0.25) is 19.2 Å². The second-order valence-corrected chi connectivity index (χ2v) is 11.7. The maximum Gasteiger partial charge on any atom is 0.169 e. The molecule has 46 heavy (non-hydrogen) atoms. The lowest BCUT2D eigenvalue weighted by atomic mass is 9.52. The Kier molecular flexibility index (Phi) is 8.64. The van der Waals surface area contributed by atoms with Crippen LogP contribution in [0.2, 0.25) is 0 Å². The first kappa shape index (κ1) is 30.7. The summed E-state index contributed by atoms with van der Waals surface area (Å²) in [5, 5.41) is 12.9. The minimum atomic E-state index is -2.02. The minimum absolute atomic E-state index is 0.0965. The number of hydrogen-bond acceptors (Lipinski definition) is 5. The smallest absolute Gasteiger partial charge is 0.169 e. The van der Waals surface area contributed by atoms with Gasteiger partial charge in [-0.05, 0) is 36.2 Å². The zero-order chi connectivity index (χ0) is 32.3. The van der Waals surface area contributed by atoms with Gasteiger partial charge in [0.05, 0.1) is 5.92 Å². The van der Waals surface area contributed by atoms with Crippen molar-refractivity contribution >= 4 is 23.1 Å². The molecule has 228 valence electrons. The number of halogens is 1. The maximum absolute atomic E-state index is 14.8. The van der Waals surface area contributed by atoms with Crippen LogP contribution in [-0.2, 0) is 5.60 Å². The molecule has 0 radical (unpaired) electrons. The van der Waals surface area contributed by atoms with Crippen LogP contribution in [0.4, 0.5) is 4.39 Å². The van der Waals surface area contributed by atoms with Gasteiger partial charge in [-0.15, -0.1) is 0 Å². The SMILES string of the molecule is O=C(c1ccc(F)cc1)[C@@H]1[C@H](C(=O)c2ccccc2)[C@@H](C(=O)c2ccccc2)[C@@](O)(c2ccccc2)C[C@H]1C(=O)c1ccccc1. The lowest BCUT2D eigenvalue weighted by molar-refractivity contribution is -0.0846. The van der Waals surface area contributed by atoms with Gasteiger partial charge in [-0.25, -0.2) is 4.39 Å². The molecule has 0 aliphatic heterocycles. The summed E-state index contributed by atoms with van der Waals surface area (Å²) in [6.07, 6.45) is -0.301. The number of ketones is 4. The highest BCUT2D eigenvalue weighted by Gasteiger charge is 2.61. The highest BCUT2D eigenvalue weighted by molar-refractivity contribution is 6.12. The van der Waals surface area contributed by atoms with Crippen LogP contribution in [0.1, 0.15) is 53.4 Å². The predicted molar refractivity (Wildman–Crippen MR) is 172 cm³/mol. The number of hydrogen-bond donors (Lipinski definition) is 1. The molecule has 1 aliphatic carbocycles. The van der Waals surface area contributed by atoms with Crippen LogP contribution in [0, 0.1) is 29.5 Å². The molecule has 1 saturated carbocycles. The van der Waals surface area contributed by atoms with Crippen molar-refractivity contribution in [1.82, 2.24) is 0 Å². The third-order valence-corrected chi connectivity index (χ3v) is 9.03. The molecule has 0 unspecified atom stereocenters. The average Bonchev–Trinajstić information content (AvgIpc) is 3.11. The first-order valence-corrected chi connectivity index (χ1v) is 15.1. The fraction of sp³-hybridized carbons (Fsp3) is 0.150. The predicted octanol–water partition coefficient (Wildman–Crippen LogP) is 7.41. The maximum atomic E-state index is 14.8. The van der Waals surface area contributed by atoms with E-state index in [0.29, 0.717) is 11.1 Å². The van der Waals surface area contributed by atoms with Crippen LogP contribution in [0.15, 0.2) is 146 Å². The number of carbonyl (C=O) groups is 4. The zero-order valence-corrected chi connectivity index (χ0v) is 24.8. The van der Waals surface area contributed by atoms with Crippen molar-refractivity contribution in [1.29, 1.82) is 0 Å². The minimum Gasteiger partial charge on any atom is -0.384 e. The second-order valence-electron chi connectivity index (χ2n) is 11.7. The third-order valence-electron chi connectivity index (χ3n) is 9.03. The summed E-state index contributed by atoms with van der Waals surface area (Å²) in [6.45, 7) is 0. The Morgan fingerprint density at radius 1 is 0.500 bits per heavy atom. The summed E-state index contributed by atoms with van der Waals surface area (Å²) in [5.74, 6) is -8.10. The number of rotatable bonds is 9. The van der Waals surface area contributed by atoms with E-state index in [4.69, 9.17) is 0 Å². The topological polar surface area (TPSA) is 88.5 Å². The molecule has 0 heterocycles. The molecule has 5 aromatic carbocycles. The summed E-state index contributed by atoms with van der Waals surface area (Å²) >= 11 is 0. The van der Waals surface area contributed by atoms with Gasteiger partial charge in [0.2, 0.25) is 0 Å². The van der Waals surface area contributed by atoms with Crippen LogP contribution in [0.5, 0.6) is 0 Å². The first-order valence-electron chi connectivity index (χ1n) is 15.1. The van der Waals surface area contributed by atoms with E-state index in [1.807, 2.05) is 0 Å². The van der Waals surface area contributed by atoms with Gasteiger partial charge in [0, 0.05) is 40.0 Å². The Balaban J connectivity index is 1.64. The van der Waals surface area contributed by atoms with Crippen molar-refractivity contribution in [3.05, 3.63) is 179 Å². The molecule has 6 heteroatoms. The molecule has 0 saturated heterocycles. The zero-order valence-electron chi connectivity index (χ0n) is 24.8. The van der Waals surface area contributed by atoms with Crippen molar-refractivity contribution in [3.8, 4) is 0 Å². The van der Waals surface area contributed by atoms with Gasteiger partial charge in [-0.2, -0.15) is 0 Å². The van der Waals surface area contributed by atoms with Crippen LogP contribution < -0.4 is 0 Å². The molecule has 1 N–H and O–H groups in total. The Bertz CT molecular complexity index is 1860. The largest absolute Gasteiger partial charge is 0.384 e. The molecule has 0 amide bonds. The van der Waals surface area contributed by atoms with Gasteiger partial charge in [0.25, 0.3) is 0 Å². The van der Waals surface area contributed by atoms with Crippen molar-refractivity contribution in [2.45, 2.75) is 12.0 Å². The molecule has 0 aromatic heterocycles. The van der Waals surface area contributed by atoms with E-state index in [1.165, 1.54) is 12.1 Å². The van der Waals surface area contributed by atoms with Gasteiger partial charge in [0.15, 0.2) is 23.1 Å². The fourth-order valence-corrected chi connectivity index (χ4v) is 6.86. The van der Waals surface area contributed by atoms with Gasteiger partial charge in [0.1, 0.15) is 11.4 Å². The summed E-state index contributed by atoms with van der Waals surface area (Å²) in [6, 6.07) is 38.5. The van der Waals surface area contributed by atoms with Crippen LogP contribution in [0.25, 0.3) is 0 Å². The first-order chi connectivity index (χ1) is 22.3. The van der Waals surface area contributed by atoms with Crippen molar-refractivity contribution in [2.24, 2.45) is 23.7 Å². The van der Waals surface area contributed by atoms with Crippen molar-refractivity contribution in [3.63, 3.8) is 0 Å². The monoisotopic (exact) mass is 610 g/mol. The van der Waals surface area contributed by atoms with Crippen molar-refractivity contribution in [2.75, 3.05) is 0 Å². The van der Waals surface area contributed by atoms with E-state index in [-0.39, 0.29) is 23.1 Å². The molecule has 5 atom stereocenters. The van der Waals surface area contributed by atoms with E-state index in [1.54, 1.807) is 121 Å². The molecular formula is C40H31FO5. The standard InChI is InChI=1S/C40H31FO5/c41-31-23-21-29(22-24-31)37(43)33-32(36(42)26-13-5-1-6-14-26)25-40(46,30-19-11-4-12-20-30)35(39(45)28-17-9-3-10-18-28)34(33)38(44)27-15-7-2-8-16-27/h1-24,32-35,46H,25H2/t32-,33+,34+,35+,40+/m1/s1. The second kappa shape index (κ2) is 13.0. The Labute approximate surface area is 266 Å². The Morgan fingerprint density at radius 2 is 0.891 bits per heavy atom. The van der Waals surface area contributed by atoms with E-state index >= 15 is 0 Å². The van der Waals surface area contributed by atoms with E-state index in [9.17, 15) is 28.7 Å². The third kappa shape index (κ3) is 5.75. The summed E-state index contributed by atoms with van der Waals surface area (Å²) < 4.78 is 14.0. The number of carbonyl (C=O) groups excluding carboxylic acids is 4. The van der Waals surface area contributed by atoms with E-state index in [0.717, 1.165) is 12.1 Å². The molecule has 5 aromatic rings. The highest BCUT2D eigenvalue weighted by atomic mass is 19.1. The summed E-state index contributed by atoms with van der Waals surface area (Å²) in [7, 11) is 0. The molecule has 5 nitrogen and oxygen atoms in total.